The van der Waals surface area contributed by atoms with E-state index in [0.29, 0.717) is 16.9 Å². The van der Waals surface area contributed by atoms with Gasteiger partial charge in [-0.05, 0) is 36.4 Å². The van der Waals surface area contributed by atoms with Crippen LogP contribution in [0.5, 0.6) is 5.75 Å². The molecule has 0 bridgehead atoms. The van der Waals surface area contributed by atoms with Crippen LogP contribution in [0.15, 0.2) is 52.9 Å². The van der Waals surface area contributed by atoms with Gasteiger partial charge in [-0.25, -0.2) is 0 Å². The minimum Gasteiger partial charge on any atom is -0.497 e. The Morgan fingerprint density at radius 3 is 2.40 bits per heavy atom. The first-order valence-electron chi connectivity index (χ1n) is 7.10. The van der Waals surface area contributed by atoms with Crippen LogP contribution in [0.1, 0.15) is 10.4 Å². The molecule has 0 unspecified atom stereocenters. The van der Waals surface area contributed by atoms with Gasteiger partial charge in [0.05, 0.1) is 12.0 Å². The van der Waals surface area contributed by atoms with Crippen LogP contribution >= 0.6 is 0 Å². The van der Waals surface area contributed by atoms with E-state index in [9.17, 15) is 14.9 Å². The molecule has 0 aliphatic rings. The molecule has 9 heteroatoms. The van der Waals surface area contributed by atoms with Crippen LogP contribution in [0.4, 0.5) is 11.7 Å². The van der Waals surface area contributed by atoms with Crippen LogP contribution in [-0.4, -0.2) is 28.1 Å². The van der Waals surface area contributed by atoms with Crippen LogP contribution in [0, 0.1) is 10.1 Å². The molecule has 1 N–H and O–H groups in total. The average molecular weight is 340 g/mol. The molecule has 0 aliphatic heterocycles. The van der Waals surface area contributed by atoms with Gasteiger partial charge in [-0.2, -0.15) is 0 Å². The zero-order chi connectivity index (χ0) is 17.8. The second-order valence-corrected chi connectivity index (χ2v) is 4.90. The monoisotopic (exact) mass is 340 g/mol. The normalized spacial score (nSPS) is 10.3. The van der Waals surface area contributed by atoms with E-state index in [1.165, 1.54) is 31.4 Å². The number of methoxy groups -OCH3 is 1. The Bertz CT molecular complexity index is 903. The number of nitrogens with one attached hydrogen (secondary N) is 1. The molecule has 1 amide bonds. The number of hydrogen-bond acceptors (Lipinski definition) is 7. The lowest BCUT2D eigenvalue weighted by Gasteiger charge is -2.02. The molecule has 126 valence electrons. The van der Waals surface area contributed by atoms with Crippen LogP contribution in [0.3, 0.4) is 0 Å². The number of nitrogens with zero attached hydrogens (tertiary/aromatic N) is 3. The number of aromatic nitrogens is 2. The summed E-state index contributed by atoms with van der Waals surface area (Å²) >= 11 is 0. The highest BCUT2D eigenvalue weighted by Gasteiger charge is 2.14. The lowest BCUT2D eigenvalue weighted by Crippen LogP contribution is -2.11. The molecular weight excluding hydrogens is 328 g/mol. The van der Waals surface area contributed by atoms with E-state index >= 15 is 0 Å². The molecule has 25 heavy (non-hydrogen) atoms. The molecule has 0 fully saturated rings. The molecule has 0 radical (unpaired) electrons. The lowest BCUT2D eigenvalue weighted by molar-refractivity contribution is -0.384. The third-order valence-corrected chi connectivity index (χ3v) is 3.32. The van der Waals surface area contributed by atoms with Crippen LogP contribution < -0.4 is 10.1 Å². The fourth-order valence-electron chi connectivity index (χ4n) is 2.03. The number of amides is 1. The van der Waals surface area contributed by atoms with Crippen LogP contribution in [0.25, 0.3) is 11.5 Å². The maximum atomic E-state index is 12.1. The quantitative estimate of drug-likeness (QED) is 0.560. The summed E-state index contributed by atoms with van der Waals surface area (Å²) in [5.41, 5.74) is 0.857. The summed E-state index contributed by atoms with van der Waals surface area (Å²) in [6.07, 6.45) is 0. The molecule has 0 saturated heterocycles. The Hall–Kier alpha value is -3.75. The van der Waals surface area contributed by atoms with Crippen LogP contribution in [-0.2, 0) is 0 Å². The SMILES string of the molecule is COc1ccc(C(=O)Nc2nnc(-c3ccc([N+](=O)[O-])cc3)o2)cc1. The first-order chi connectivity index (χ1) is 12.1. The van der Waals surface area contributed by atoms with Gasteiger partial charge in [-0.3, -0.25) is 20.2 Å². The maximum Gasteiger partial charge on any atom is 0.322 e. The minimum atomic E-state index is -0.502. The number of nitro groups is 1. The summed E-state index contributed by atoms with van der Waals surface area (Å²) in [6, 6.07) is 12.1. The van der Waals surface area contributed by atoms with Gasteiger partial charge in [0.15, 0.2) is 0 Å². The first kappa shape index (κ1) is 16.1. The largest absolute Gasteiger partial charge is 0.497 e. The summed E-state index contributed by atoms with van der Waals surface area (Å²) in [4.78, 5) is 22.3. The van der Waals surface area contributed by atoms with Crippen molar-refractivity contribution >= 4 is 17.6 Å². The number of carbonyl (C=O) groups excluding carboxylic acids is 1. The van der Waals surface area contributed by atoms with Gasteiger partial charge < -0.3 is 9.15 Å². The van der Waals surface area contributed by atoms with E-state index in [4.69, 9.17) is 9.15 Å². The van der Waals surface area contributed by atoms with Gasteiger partial charge in [-0.1, -0.05) is 5.10 Å². The highest BCUT2D eigenvalue weighted by atomic mass is 16.6. The van der Waals surface area contributed by atoms with Crippen molar-refractivity contribution in [2.24, 2.45) is 0 Å². The number of hydrogen-bond donors (Lipinski definition) is 1. The van der Waals surface area contributed by atoms with E-state index in [1.54, 1.807) is 24.3 Å². The summed E-state index contributed by atoms with van der Waals surface area (Å²) in [6.45, 7) is 0. The van der Waals surface area contributed by atoms with Gasteiger partial charge >= 0.3 is 6.01 Å². The van der Waals surface area contributed by atoms with Crippen molar-refractivity contribution in [3.05, 3.63) is 64.2 Å². The molecule has 3 rings (SSSR count). The van der Waals surface area contributed by atoms with Crippen molar-refractivity contribution in [2.75, 3.05) is 12.4 Å². The second-order valence-electron chi connectivity index (χ2n) is 4.90. The molecule has 0 atom stereocenters. The number of nitro benzene ring substituents is 1. The summed E-state index contributed by atoms with van der Waals surface area (Å²) < 4.78 is 10.4. The molecule has 0 saturated carbocycles. The number of anilines is 1. The van der Waals surface area contributed by atoms with E-state index in [1.807, 2.05) is 0 Å². The molecule has 1 aromatic heterocycles. The van der Waals surface area contributed by atoms with Crippen molar-refractivity contribution in [1.82, 2.24) is 10.2 Å². The van der Waals surface area contributed by atoms with Gasteiger partial charge in [-0.15, -0.1) is 5.10 Å². The fraction of sp³-hybridized carbons (Fsp3) is 0.0625. The highest BCUT2D eigenvalue weighted by Crippen LogP contribution is 2.23. The molecule has 9 nitrogen and oxygen atoms in total. The predicted molar refractivity (Wildman–Crippen MR) is 87.3 cm³/mol. The van der Waals surface area contributed by atoms with Gasteiger partial charge in [0.25, 0.3) is 11.6 Å². The highest BCUT2D eigenvalue weighted by molar-refractivity contribution is 6.03. The molecule has 2 aromatic carbocycles. The Morgan fingerprint density at radius 2 is 1.80 bits per heavy atom. The van der Waals surface area contributed by atoms with Crippen molar-refractivity contribution in [3.8, 4) is 17.2 Å². The van der Waals surface area contributed by atoms with Crippen LogP contribution in [0.2, 0.25) is 0 Å². The van der Waals surface area contributed by atoms with E-state index in [0.717, 1.165) is 0 Å². The number of rotatable bonds is 5. The third kappa shape index (κ3) is 3.61. The topological polar surface area (TPSA) is 120 Å². The maximum absolute atomic E-state index is 12.1. The van der Waals surface area contributed by atoms with E-state index in [2.05, 4.69) is 15.5 Å². The van der Waals surface area contributed by atoms with Gasteiger partial charge in [0, 0.05) is 23.3 Å². The van der Waals surface area contributed by atoms with E-state index in [-0.39, 0.29) is 17.6 Å². The molecule has 0 aliphatic carbocycles. The Labute approximate surface area is 141 Å². The molecule has 0 spiro atoms. The second kappa shape index (κ2) is 6.79. The van der Waals surface area contributed by atoms with Crippen molar-refractivity contribution < 1.29 is 18.9 Å². The van der Waals surface area contributed by atoms with Crippen molar-refractivity contribution in [1.29, 1.82) is 0 Å². The standard InChI is InChI=1S/C16H12N4O5/c1-24-13-8-4-10(5-9-13)14(21)17-16-19-18-15(25-16)11-2-6-12(7-3-11)20(22)23/h2-9H,1H3,(H,17,19,21). The van der Waals surface area contributed by atoms with Gasteiger partial charge in [0.1, 0.15) is 5.75 Å². The molecule has 1 heterocycles. The first-order valence-corrected chi connectivity index (χ1v) is 7.10. The smallest absolute Gasteiger partial charge is 0.322 e. The number of ether oxygens (including phenoxy) is 1. The average Bonchev–Trinajstić information content (AvgIpc) is 3.10. The van der Waals surface area contributed by atoms with Crippen molar-refractivity contribution in [3.63, 3.8) is 0 Å². The summed E-state index contributed by atoms with van der Waals surface area (Å²) in [5.74, 6) is 0.358. The van der Waals surface area contributed by atoms with Crippen molar-refractivity contribution in [2.45, 2.75) is 0 Å². The van der Waals surface area contributed by atoms with Gasteiger partial charge in [0.2, 0.25) is 5.89 Å². The third-order valence-electron chi connectivity index (χ3n) is 3.32. The molecule has 3 aromatic rings. The van der Waals surface area contributed by atoms with E-state index < -0.39 is 10.8 Å². The zero-order valence-electron chi connectivity index (χ0n) is 13.0. The zero-order valence-corrected chi connectivity index (χ0v) is 13.0. The number of non-ortho nitro benzene ring substituents is 1. The minimum absolute atomic E-state index is 0.0451. The Kier molecular flexibility index (Phi) is 4.38. The number of benzene rings is 2. The number of carbonyl (C=O) groups is 1. The lowest BCUT2D eigenvalue weighted by atomic mass is 10.2. The summed E-state index contributed by atoms with van der Waals surface area (Å²) in [7, 11) is 1.53. The Morgan fingerprint density at radius 1 is 1.12 bits per heavy atom. The predicted octanol–water partition coefficient (Wildman–Crippen LogP) is 2.91. The molecular formula is C16H12N4O5. The fourth-order valence-corrected chi connectivity index (χ4v) is 2.03. The summed E-state index contributed by atoms with van der Waals surface area (Å²) in [5, 5.41) is 20.7. The Balaban J connectivity index is 1.72.